The normalized spacial score (nSPS) is 7.83. The van der Waals surface area contributed by atoms with Crippen LogP contribution in [-0.2, 0) is 6.54 Å². The summed E-state index contributed by atoms with van der Waals surface area (Å²) in [7, 11) is 1.65. The highest BCUT2D eigenvalue weighted by Crippen LogP contribution is 2.09. The number of rotatable bonds is 2. The molecule has 2 nitrogen and oxygen atoms in total. The average molecular weight is 210 g/mol. The van der Waals surface area contributed by atoms with Gasteiger partial charge in [0.2, 0.25) is 0 Å². The molecule has 0 bridgehead atoms. The smallest absolute Gasteiger partial charge is 0.118 e. The third-order valence-electron chi connectivity index (χ3n) is 1.39. The molecule has 70 valence electrons. The second-order valence-electron chi connectivity index (χ2n) is 2.05. The van der Waals surface area contributed by atoms with Crippen molar-refractivity contribution in [2.45, 2.75) is 6.54 Å². The van der Waals surface area contributed by atoms with Gasteiger partial charge in [0.15, 0.2) is 0 Å². The zero-order valence-electron chi connectivity index (χ0n) is 6.82. The Morgan fingerprint density at radius 1 is 1.17 bits per heavy atom. The molecule has 2 N–H and O–H groups in total. The van der Waals surface area contributed by atoms with E-state index in [0.717, 1.165) is 11.3 Å². The second-order valence-corrected chi connectivity index (χ2v) is 2.05. The fourth-order valence-corrected chi connectivity index (χ4v) is 0.762. The number of nitrogens with two attached hydrogens (primary N) is 1. The van der Waals surface area contributed by atoms with Crippen LogP contribution in [0.1, 0.15) is 5.56 Å². The SMILES string of the molecule is COc1ccc(CN)cc1.Cl.Cl. The van der Waals surface area contributed by atoms with Gasteiger partial charge in [0, 0.05) is 6.54 Å². The summed E-state index contributed by atoms with van der Waals surface area (Å²) >= 11 is 0. The lowest BCUT2D eigenvalue weighted by Gasteiger charge is -1.99. The highest BCUT2D eigenvalue weighted by Gasteiger charge is 1.89. The lowest BCUT2D eigenvalue weighted by atomic mass is 10.2. The minimum atomic E-state index is 0. The van der Waals surface area contributed by atoms with Crippen molar-refractivity contribution in [1.29, 1.82) is 0 Å². The molecule has 0 saturated heterocycles. The summed E-state index contributed by atoms with van der Waals surface area (Å²) in [5.41, 5.74) is 6.53. The fraction of sp³-hybridized carbons (Fsp3) is 0.250. The van der Waals surface area contributed by atoms with Crippen LogP contribution in [0.4, 0.5) is 0 Å². The van der Waals surface area contributed by atoms with Gasteiger partial charge in [0.1, 0.15) is 5.75 Å². The van der Waals surface area contributed by atoms with Gasteiger partial charge in [-0.25, -0.2) is 0 Å². The molecule has 0 aliphatic carbocycles. The maximum absolute atomic E-state index is 5.40. The van der Waals surface area contributed by atoms with Crippen LogP contribution in [0.3, 0.4) is 0 Å². The Bertz CT molecular complexity index is 178. The van der Waals surface area contributed by atoms with Gasteiger partial charge < -0.3 is 10.5 Å². The number of halogens is 2. The Hall–Kier alpha value is -0.440. The summed E-state index contributed by atoms with van der Waals surface area (Å²) in [5.74, 6) is 0.872. The van der Waals surface area contributed by atoms with Crippen molar-refractivity contribution in [1.82, 2.24) is 0 Å². The summed E-state index contributed by atoms with van der Waals surface area (Å²) in [6.07, 6.45) is 0. The molecule has 0 saturated carbocycles. The molecule has 0 atom stereocenters. The molecule has 1 aromatic carbocycles. The third kappa shape index (κ3) is 3.81. The zero-order valence-corrected chi connectivity index (χ0v) is 8.45. The number of methoxy groups -OCH3 is 1. The van der Waals surface area contributed by atoms with Crippen molar-refractivity contribution in [2.24, 2.45) is 5.73 Å². The highest BCUT2D eigenvalue weighted by molar-refractivity contribution is 5.85. The number of hydrogen-bond acceptors (Lipinski definition) is 2. The monoisotopic (exact) mass is 209 g/mol. The maximum Gasteiger partial charge on any atom is 0.118 e. The Morgan fingerprint density at radius 2 is 1.67 bits per heavy atom. The van der Waals surface area contributed by atoms with Gasteiger partial charge in [-0.15, -0.1) is 24.8 Å². The van der Waals surface area contributed by atoms with Gasteiger partial charge in [0.25, 0.3) is 0 Å². The van der Waals surface area contributed by atoms with Crippen LogP contribution < -0.4 is 10.5 Å². The molecule has 0 aromatic heterocycles. The molecule has 0 unspecified atom stereocenters. The third-order valence-corrected chi connectivity index (χ3v) is 1.39. The molecule has 1 rings (SSSR count). The van der Waals surface area contributed by atoms with Gasteiger partial charge in [-0.3, -0.25) is 0 Å². The summed E-state index contributed by atoms with van der Waals surface area (Å²) < 4.78 is 4.97. The first kappa shape index (κ1) is 14.1. The van der Waals surface area contributed by atoms with Crippen molar-refractivity contribution in [2.75, 3.05) is 7.11 Å². The molecule has 0 spiro atoms. The molecular formula is C8H13Cl2NO. The largest absolute Gasteiger partial charge is 0.497 e. The fourth-order valence-electron chi connectivity index (χ4n) is 0.762. The van der Waals surface area contributed by atoms with Gasteiger partial charge in [0.05, 0.1) is 7.11 Å². The van der Waals surface area contributed by atoms with Gasteiger partial charge in [-0.1, -0.05) is 12.1 Å². The number of ether oxygens (including phenoxy) is 1. The van der Waals surface area contributed by atoms with E-state index in [0.29, 0.717) is 6.54 Å². The van der Waals surface area contributed by atoms with Crippen molar-refractivity contribution in [3.05, 3.63) is 29.8 Å². The number of hydrogen-bond donors (Lipinski definition) is 1. The minimum Gasteiger partial charge on any atom is -0.497 e. The van der Waals surface area contributed by atoms with Crippen LogP contribution in [0.25, 0.3) is 0 Å². The van der Waals surface area contributed by atoms with E-state index in [9.17, 15) is 0 Å². The molecule has 12 heavy (non-hydrogen) atoms. The van der Waals surface area contributed by atoms with E-state index in [1.807, 2.05) is 24.3 Å². The van der Waals surface area contributed by atoms with Crippen molar-refractivity contribution in [3.8, 4) is 5.75 Å². The van der Waals surface area contributed by atoms with E-state index in [-0.39, 0.29) is 24.8 Å². The first-order valence-corrected chi connectivity index (χ1v) is 3.20. The molecule has 0 heterocycles. The number of benzene rings is 1. The van der Waals surface area contributed by atoms with Crippen molar-refractivity contribution in [3.63, 3.8) is 0 Å². The quantitative estimate of drug-likeness (QED) is 0.810. The van der Waals surface area contributed by atoms with Crippen LogP contribution in [0.5, 0.6) is 5.75 Å². The lowest BCUT2D eigenvalue weighted by Crippen LogP contribution is -1.95. The highest BCUT2D eigenvalue weighted by atomic mass is 35.5. The summed E-state index contributed by atoms with van der Waals surface area (Å²) in [4.78, 5) is 0. The maximum atomic E-state index is 5.40. The van der Waals surface area contributed by atoms with E-state index in [2.05, 4.69) is 0 Å². The Kier molecular flexibility index (Phi) is 8.49. The van der Waals surface area contributed by atoms with Gasteiger partial charge in [-0.05, 0) is 17.7 Å². The first-order valence-electron chi connectivity index (χ1n) is 3.20. The average Bonchev–Trinajstić information content (AvgIpc) is 2.05. The van der Waals surface area contributed by atoms with Crippen LogP contribution in [0.15, 0.2) is 24.3 Å². The molecule has 0 fully saturated rings. The molecule has 0 amide bonds. The van der Waals surface area contributed by atoms with E-state index in [1.54, 1.807) is 7.11 Å². The molecule has 0 aliphatic heterocycles. The Labute approximate surface area is 84.9 Å². The van der Waals surface area contributed by atoms with Crippen LogP contribution in [0, 0.1) is 0 Å². The van der Waals surface area contributed by atoms with E-state index in [1.165, 1.54) is 0 Å². The molecular weight excluding hydrogens is 197 g/mol. The molecule has 0 radical (unpaired) electrons. The van der Waals surface area contributed by atoms with Gasteiger partial charge >= 0.3 is 0 Å². The van der Waals surface area contributed by atoms with Crippen molar-refractivity contribution >= 4 is 24.8 Å². The predicted octanol–water partition coefficient (Wildman–Crippen LogP) is 2.00. The zero-order chi connectivity index (χ0) is 7.40. The van der Waals surface area contributed by atoms with Gasteiger partial charge in [-0.2, -0.15) is 0 Å². The Balaban J connectivity index is 0. The van der Waals surface area contributed by atoms with Crippen LogP contribution >= 0.6 is 24.8 Å². The molecule has 4 heteroatoms. The van der Waals surface area contributed by atoms with Crippen LogP contribution in [-0.4, -0.2) is 7.11 Å². The predicted molar refractivity (Wildman–Crippen MR) is 55.4 cm³/mol. The second kappa shape index (κ2) is 7.22. The lowest BCUT2D eigenvalue weighted by molar-refractivity contribution is 0.414. The van der Waals surface area contributed by atoms with Crippen LogP contribution in [0.2, 0.25) is 0 Å². The first-order chi connectivity index (χ1) is 4.86. The summed E-state index contributed by atoms with van der Waals surface area (Å²) in [6, 6.07) is 7.72. The van der Waals surface area contributed by atoms with E-state index in [4.69, 9.17) is 10.5 Å². The topological polar surface area (TPSA) is 35.2 Å². The standard InChI is InChI=1S/C8H11NO.2ClH/c1-10-8-4-2-7(6-9)3-5-8;;/h2-5H,6,9H2,1H3;2*1H. The van der Waals surface area contributed by atoms with E-state index < -0.39 is 0 Å². The molecule has 0 aliphatic rings. The van der Waals surface area contributed by atoms with Crippen molar-refractivity contribution < 1.29 is 4.74 Å². The molecule has 1 aromatic rings. The summed E-state index contributed by atoms with van der Waals surface area (Å²) in [6.45, 7) is 0.587. The Morgan fingerprint density at radius 3 is 2.00 bits per heavy atom. The minimum absolute atomic E-state index is 0. The van der Waals surface area contributed by atoms with E-state index >= 15 is 0 Å². The summed E-state index contributed by atoms with van der Waals surface area (Å²) in [5, 5.41) is 0.